The Morgan fingerprint density at radius 3 is 2.79 bits per heavy atom. The summed E-state index contributed by atoms with van der Waals surface area (Å²) in [6.45, 7) is 7.76. The van der Waals surface area contributed by atoms with Crippen LogP contribution in [0.2, 0.25) is 0 Å². The lowest BCUT2D eigenvalue weighted by molar-refractivity contribution is 0.0690. The molecule has 0 saturated heterocycles. The molecule has 0 aliphatic rings. The molecule has 2 heterocycles. The van der Waals surface area contributed by atoms with Gasteiger partial charge in [0.1, 0.15) is 5.65 Å². The van der Waals surface area contributed by atoms with Crippen LogP contribution >= 0.6 is 0 Å². The van der Waals surface area contributed by atoms with E-state index in [0.29, 0.717) is 17.4 Å². The number of carboxylic acid groups (broad SMARTS) is 1. The van der Waals surface area contributed by atoms with Crippen LogP contribution in [0.1, 0.15) is 31.3 Å². The highest BCUT2D eigenvalue weighted by atomic mass is 16.4. The van der Waals surface area contributed by atoms with Gasteiger partial charge in [0.2, 0.25) is 0 Å². The first-order valence-corrected chi connectivity index (χ1v) is 6.50. The third-order valence-electron chi connectivity index (χ3n) is 2.98. The Kier molecular flexibility index (Phi) is 3.74. The number of rotatable bonds is 5. The summed E-state index contributed by atoms with van der Waals surface area (Å²) < 4.78 is 1.63. The number of pyridine rings is 1. The van der Waals surface area contributed by atoms with Crippen molar-refractivity contribution in [3.8, 4) is 0 Å². The predicted molar refractivity (Wildman–Crippen MR) is 74.9 cm³/mol. The van der Waals surface area contributed by atoms with Crippen LogP contribution in [0.4, 0.5) is 5.82 Å². The number of fused-ring (bicyclic) bond motifs is 1. The molecule has 0 fully saturated rings. The molecule has 0 aromatic carbocycles. The largest absolute Gasteiger partial charge is 0.476 e. The van der Waals surface area contributed by atoms with E-state index in [1.165, 1.54) is 0 Å². The van der Waals surface area contributed by atoms with Crippen LogP contribution in [0.25, 0.3) is 5.65 Å². The first-order chi connectivity index (χ1) is 9.04. The van der Waals surface area contributed by atoms with Crippen molar-refractivity contribution in [3.63, 3.8) is 0 Å². The van der Waals surface area contributed by atoms with Gasteiger partial charge in [-0.1, -0.05) is 19.9 Å². The van der Waals surface area contributed by atoms with Crippen LogP contribution < -0.4 is 4.90 Å². The van der Waals surface area contributed by atoms with Gasteiger partial charge in [0, 0.05) is 19.3 Å². The van der Waals surface area contributed by atoms with E-state index in [1.54, 1.807) is 10.6 Å². The Hall–Kier alpha value is -2.04. The number of hydrogen-bond donors (Lipinski definition) is 1. The van der Waals surface area contributed by atoms with Gasteiger partial charge in [-0.2, -0.15) is 0 Å². The second-order valence-electron chi connectivity index (χ2n) is 4.95. The fraction of sp³-hybridized carbons (Fsp3) is 0.429. The summed E-state index contributed by atoms with van der Waals surface area (Å²) in [6.07, 6.45) is 1.73. The standard InChI is InChI=1S/C14H19N3O2/c1-4-16(9-10(2)3)13-12(14(18)19)17-8-6-5-7-11(17)15-13/h5-8,10H,4,9H2,1-3H3,(H,18,19). The minimum absolute atomic E-state index is 0.234. The van der Waals surface area contributed by atoms with Gasteiger partial charge in [0.25, 0.3) is 0 Å². The van der Waals surface area contributed by atoms with Gasteiger partial charge in [-0.25, -0.2) is 9.78 Å². The number of anilines is 1. The van der Waals surface area contributed by atoms with E-state index < -0.39 is 5.97 Å². The molecule has 19 heavy (non-hydrogen) atoms. The van der Waals surface area contributed by atoms with Gasteiger partial charge in [-0.3, -0.25) is 4.40 Å². The first kappa shape index (κ1) is 13.4. The van der Waals surface area contributed by atoms with Crippen molar-refractivity contribution in [1.29, 1.82) is 0 Å². The maximum absolute atomic E-state index is 11.5. The van der Waals surface area contributed by atoms with Crippen molar-refractivity contribution < 1.29 is 9.90 Å². The summed E-state index contributed by atoms with van der Waals surface area (Å²) >= 11 is 0. The van der Waals surface area contributed by atoms with Gasteiger partial charge < -0.3 is 10.0 Å². The third-order valence-corrected chi connectivity index (χ3v) is 2.98. The number of imidazole rings is 1. The number of nitrogens with zero attached hydrogens (tertiary/aromatic N) is 3. The molecule has 5 heteroatoms. The highest BCUT2D eigenvalue weighted by Crippen LogP contribution is 2.22. The van der Waals surface area contributed by atoms with Crippen LogP contribution in [0.5, 0.6) is 0 Å². The summed E-state index contributed by atoms with van der Waals surface area (Å²) in [5.74, 6) is 0.0530. The number of aromatic carboxylic acids is 1. The van der Waals surface area contributed by atoms with Crippen molar-refractivity contribution in [3.05, 3.63) is 30.1 Å². The highest BCUT2D eigenvalue weighted by Gasteiger charge is 2.22. The second-order valence-corrected chi connectivity index (χ2v) is 4.95. The lowest BCUT2D eigenvalue weighted by atomic mass is 10.2. The van der Waals surface area contributed by atoms with Crippen LogP contribution in [0.15, 0.2) is 24.4 Å². The fourth-order valence-corrected chi connectivity index (χ4v) is 2.21. The Bertz CT molecular complexity index is 589. The normalized spacial score (nSPS) is 11.2. The van der Waals surface area contributed by atoms with E-state index in [2.05, 4.69) is 18.8 Å². The zero-order valence-electron chi connectivity index (χ0n) is 11.5. The summed E-state index contributed by atoms with van der Waals surface area (Å²) in [7, 11) is 0. The van der Waals surface area contributed by atoms with Gasteiger partial charge >= 0.3 is 5.97 Å². The van der Waals surface area contributed by atoms with Crippen molar-refractivity contribution in [2.24, 2.45) is 5.92 Å². The van der Waals surface area contributed by atoms with E-state index in [9.17, 15) is 9.90 Å². The molecular weight excluding hydrogens is 242 g/mol. The molecule has 0 atom stereocenters. The van der Waals surface area contributed by atoms with Crippen LogP contribution in [-0.4, -0.2) is 33.6 Å². The van der Waals surface area contributed by atoms with Crippen LogP contribution in [-0.2, 0) is 0 Å². The Morgan fingerprint density at radius 1 is 1.47 bits per heavy atom. The molecule has 0 spiro atoms. The summed E-state index contributed by atoms with van der Waals surface area (Å²) in [6, 6.07) is 5.49. The van der Waals surface area contributed by atoms with E-state index in [4.69, 9.17) is 0 Å². The van der Waals surface area contributed by atoms with E-state index >= 15 is 0 Å². The number of carboxylic acids is 1. The maximum atomic E-state index is 11.5. The molecule has 0 radical (unpaired) electrons. The number of carbonyl (C=O) groups is 1. The lowest BCUT2D eigenvalue weighted by Crippen LogP contribution is -2.29. The molecule has 1 N–H and O–H groups in total. The molecule has 2 aromatic rings. The molecule has 0 aliphatic heterocycles. The fourth-order valence-electron chi connectivity index (χ4n) is 2.21. The zero-order chi connectivity index (χ0) is 14.0. The molecule has 0 unspecified atom stereocenters. The minimum atomic E-state index is -0.948. The minimum Gasteiger partial charge on any atom is -0.476 e. The van der Waals surface area contributed by atoms with E-state index in [1.807, 2.05) is 30.0 Å². The molecule has 0 bridgehead atoms. The zero-order valence-corrected chi connectivity index (χ0v) is 11.5. The number of aromatic nitrogens is 2. The van der Waals surface area contributed by atoms with Crippen molar-refractivity contribution >= 4 is 17.4 Å². The molecule has 0 aliphatic carbocycles. The summed E-state index contributed by atoms with van der Waals surface area (Å²) in [5.41, 5.74) is 0.898. The molecule has 5 nitrogen and oxygen atoms in total. The molecule has 102 valence electrons. The van der Waals surface area contributed by atoms with Crippen molar-refractivity contribution in [2.45, 2.75) is 20.8 Å². The summed E-state index contributed by atoms with van der Waals surface area (Å²) in [5, 5.41) is 9.44. The van der Waals surface area contributed by atoms with Crippen LogP contribution in [0, 0.1) is 5.92 Å². The maximum Gasteiger partial charge on any atom is 0.356 e. The number of hydrogen-bond acceptors (Lipinski definition) is 3. The second kappa shape index (κ2) is 5.30. The average molecular weight is 261 g/mol. The lowest BCUT2D eigenvalue weighted by Gasteiger charge is -2.23. The monoisotopic (exact) mass is 261 g/mol. The molecule has 0 saturated carbocycles. The molecular formula is C14H19N3O2. The highest BCUT2D eigenvalue weighted by molar-refractivity contribution is 5.93. The van der Waals surface area contributed by atoms with Gasteiger partial charge in [-0.15, -0.1) is 0 Å². The van der Waals surface area contributed by atoms with Crippen molar-refractivity contribution in [2.75, 3.05) is 18.0 Å². The smallest absolute Gasteiger partial charge is 0.356 e. The first-order valence-electron chi connectivity index (χ1n) is 6.50. The molecule has 2 aromatic heterocycles. The quantitative estimate of drug-likeness (QED) is 0.898. The SMILES string of the molecule is CCN(CC(C)C)c1nc2ccccn2c1C(=O)O. The van der Waals surface area contributed by atoms with Gasteiger partial charge in [0.15, 0.2) is 11.5 Å². The molecule has 0 amide bonds. The average Bonchev–Trinajstić information content (AvgIpc) is 2.74. The van der Waals surface area contributed by atoms with E-state index in [-0.39, 0.29) is 5.69 Å². The Labute approximate surface area is 112 Å². The Balaban J connectivity index is 2.57. The third kappa shape index (κ3) is 2.54. The van der Waals surface area contributed by atoms with E-state index in [0.717, 1.165) is 13.1 Å². The van der Waals surface area contributed by atoms with Gasteiger partial charge in [-0.05, 0) is 25.0 Å². The predicted octanol–water partition coefficient (Wildman–Crippen LogP) is 2.51. The van der Waals surface area contributed by atoms with Crippen molar-refractivity contribution in [1.82, 2.24) is 9.38 Å². The molecule has 2 rings (SSSR count). The van der Waals surface area contributed by atoms with Crippen LogP contribution in [0.3, 0.4) is 0 Å². The summed E-state index contributed by atoms with van der Waals surface area (Å²) in [4.78, 5) is 18.0. The van der Waals surface area contributed by atoms with Gasteiger partial charge in [0.05, 0.1) is 0 Å². The topological polar surface area (TPSA) is 57.8 Å². The Morgan fingerprint density at radius 2 is 2.21 bits per heavy atom.